The quantitative estimate of drug-likeness (QED) is 0.233. The number of carbonyl (C=O) groups excluding carboxylic acids is 1. The smallest absolute Gasteiger partial charge is 0.222 e. The normalized spacial score (nSPS) is 22.1. The van der Waals surface area contributed by atoms with Crippen molar-refractivity contribution in [1.82, 2.24) is 20.9 Å². The predicted octanol–water partition coefficient (Wildman–Crippen LogP) is 1.95. The molecule has 1 heterocycles. The second-order valence-corrected chi connectivity index (χ2v) is 7.27. The molecule has 0 aromatic heterocycles. The molecule has 2 aliphatic rings. The zero-order valence-electron chi connectivity index (χ0n) is 16.0. The van der Waals surface area contributed by atoms with Gasteiger partial charge in [0.2, 0.25) is 5.91 Å². The van der Waals surface area contributed by atoms with Gasteiger partial charge in [0.15, 0.2) is 5.96 Å². The molecule has 0 spiro atoms. The first kappa shape index (κ1) is 22.5. The van der Waals surface area contributed by atoms with Gasteiger partial charge in [0.25, 0.3) is 0 Å². The lowest BCUT2D eigenvalue weighted by Crippen LogP contribution is -2.45. The Morgan fingerprint density at radius 2 is 1.92 bits per heavy atom. The Morgan fingerprint density at radius 1 is 1.20 bits per heavy atom. The molecule has 1 aliphatic heterocycles. The first-order valence-corrected chi connectivity index (χ1v) is 9.66. The molecular formula is C18H36IN5O. The van der Waals surface area contributed by atoms with E-state index in [1.807, 2.05) is 13.8 Å². The Balaban J connectivity index is 0.00000312. The molecule has 0 radical (unpaired) electrons. The fraction of sp³-hybridized carbons (Fsp3) is 0.889. The van der Waals surface area contributed by atoms with Crippen molar-refractivity contribution in [2.75, 3.05) is 32.7 Å². The average Bonchev–Trinajstić information content (AvgIpc) is 3.22. The largest absolute Gasteiger partial charge is 0.357 e. The fourth-order valence-electron chi connectivity index (χ4n) is 3.57. The van der Waals surface area contributed by atoms with E-state index in [0.717, 1.165) is 25.1 Å². The summed E-state index contributed by atoms with van der Waals surface area (Å²) in [5, 5.41) is 9.79. The first-order valence-electron chi connectivity index (χ1n) is 9.66. The van der Waals surface area contributed by atoms with Crippen LogP contribution in [0.4, 0.5) is 0 Å². The molecule has 1 unspecified atom stereocenters. The lowest BCUT2D eigenvalue weighted by atomic mass is 10.2. The highest BCUT2D eigenvalue weighted by molar-refractivity contribution is 14.0. The zero-order valence-corrected chi connectivity index (χ0v) is 18.3. The number of guanidine groups is 1. The molecule has 25 heavy (non-hydrogen) atoms. The van der Waals surface area contributed by atoms with Gasteiger partial charge in [0.1, 0.15) is 0 Å². The Bertz CT molecular complexity index is 424. The lowest BCUT2D eigenvalue weighted by Gasteiger charge is -2.24. The Hall–Kier alpha value is -0.570. The minimum Gasteiger partial charge on any atom is -0.357 e. The van der Waals surface area contributed by atoms with Crippen LogP contribution in [0.25, 0.3) is 0 Å². The lowest BCUT2D eigenvalue weighted by molar-refractivity contribution is -0.123. The van der Waals surface area contributed by atoms with Crippen LogP contribution in [0.1, 0.15) is 52.9 Å². The van der Waals surface area contributed by atoms with Gasteiger partial charge in [0, 0.05) is 44.2 Å². The molecule has 1 amide bonds. The van der Waals surface area contributed by atoms with Crippen LogP contribution < -0.4 is 16.0 Å². The second-order valence-electron chi connectivity index (χ2n) is 7.27. The molecule has 7 heteroatoms. The van der Waals surface area contributed by atoms with Gasteiger partial charge in [-0.15, -0.1) is 24.0 Å². The standard InChI is InChI=1S/C18H35N5O.HI/c1-4-19-18(21-11-10-20-17(24)14(2)3)22-15-9-12-23(13-15)16-7-5-6-8-16;/h14-16H,4-13H2,1-3H3,(H,20,24)(H2,19,21,22);1H. The Morgan fingerprint density at radius 3 is 2.56 bits per heavy atom. The third-order valence-electron chi connectivity index (χ3n) is 4.95. The van der Waals surface area contributed by atoms with E-state index in [1.165, 1.54) is 38.6 Å². The summed E-state index contributed by atoms with van der Waals surface area (Å²) in [4.78, 5) is 18.8. The summed E-state index contributed by atoms with van der Waals surface area (Å²) in [6, 6.07) is 1.29. The van der Waals surface area contributed by atoms with Gasteiger partial charge < -0.3 is 16.0 Å². The molecule has 1 aliphatic carbocycles. The maximum atomic E-state index is 11.6. The van der Waals surface area contributed by atoms with Crippen molar-refractivity contribution in [3.63, 3.8) is 0 Å². The van der Waals surface area contributed by atoms with Crippen molar-refractivity contribution in [1.29, 1.82) is 0 Å². The summed E-state index contributed by atoms with van der Waals surface area (Å²) in [7, 11) is 0. The molecule has 0 bridgehead atoms. The van der Waals surface area contributed by atoms with Gasteiger partial charge >= 0.3 is 0 Å². The minimum absolute atomic E-state index is 0. The van der Waals surface area contributed by atoms with Crippen LogP contribution >= 0.6 is 24.0 Å². The maximum absolute atomic E-state index is 11.6. The van der Waals surface area contributed by atoms with Crippen molar-refractivity contribution in [2.45, 2.75) is 65.0 Å². The van der Waals surface area contributed by atoms with Crippen LogP contribution in [0.3, 0.4) is 0 Å². The molecular weight excluding hydrogens is 429 g/mol. The highest BCUT2D eigenvalue weighted by Crippen LogP contribution is 2.26. The van der Waals surface area contributed by atoms with E-state index in [2.05, 4.69) is 32.8 Å². The van der Waals surface area contributed by atoms with Gasteiger partial charge in [-0.2, -0.15) is 0 Å². The van der Waals surface area contributed by atoms with Gasteiger partial charge in [-0.1, -0.05) is 26.7 Å². The number of rotatable bonds is 7. The van der Waals surface area contributed by atoms with Crippen molar-refractivity contribution in [2.24, 2.45) is 10.9 Å². The van der Waals surface area contributed by atoms with E-state index in [9.17, 15) is 4.79 Å². The number of nitrogens with zero attached hydrogens (tertiary/aromatic N) is 2. The average molecular weight is 465 g/mol. The molecule has 1 saturated carbocycles. The molecule has 2 rings (SSSR count). The Kier molecular flexibility index (Phi) is 10.7. The molecule has 1 atom stereocenters. The van der Waals surface area contributed by atoms with E-state index in [-0.39, 0.29) is 35.8 Å². The summed E-state index contributed by atoms with van der Waals surface area (Å²) < 4.78 is 0. The first-order chi connectivity index (χ1) is 11.6. The van der Waals surface area contributed by atoms with Crippen LogP contribution in [0.2, 0.25) is 0 Å². The SMILES string of the molecule is CCNC(=NCCNC(=O)C(C)C)NC1CCN(C2CCCC2)C1.I. The monoisotopic (exact) mass is 465 g/mol. The summed E-state index contributed by atoms with van der Waals surface area (Å²) in [6.07, 6.45) is 6.72. The van der Waals surface area contributed by atoms with Crippen molar-refractivity contribution in [3.05, 3.63) is 0 Å². The number of likely N-dealkylation sites (tertiary alicyclic amines) is 1. The number of amides is 1. The number of aliphatic imine (C=N–C) groups is 1. The van der Waals surface area contributed by atoms with Gasteiger partial charge in [-0.05, 0) is 26.2 Å². The summed E-state index contributed by atoms with van der Waals surface area (Å²) in [5.41, 5.74) is 0. The van der Waals surface area contributed by atoms with E-state index in [1.54, 1.807) is 0 Å². The van der Waals surface area contributed by atoms with Crippen molar-refractivity contribution >= 4 is 35.8 Å². The second kappa shape index (κ2) is 11.9. The molecule has 2 fully saturated rings. The molecule has 146 valence electrons. The third-order valence-corrected chi connectivity index (χ3v) is 4.95. The van der Waals surface area contributed by atoms with Crippen LogP contribution in [0.15, 0.2) is 4.99 Å². The molecule has 0 aromatic rings. The maximum Gasteiger partial charge on any atom is 0.222 e. The van der Waals surface area contributed by atoms with Crippen molar-refractivity contribution in [3.8, 4) is 0 Å². The highest BCUT2D eigenvalue weighted by Gasteiger charge is 2.30. The van der Waals surface area contributed by atoms with E-state index in [4.69, 9.17) is 0 Å². The summed E-state index contributed by atoms with van der Waals surface area (Å²) >= 11 is 0. The molecule has 0 aromatic carbocycles. The van der Waals surface area contributed by atoms with Crippen LogP contribution in [0, 0.1) is 5.92 Å². The van der Waals surface area contributed by atoms with E-state index in [0.29, 0.717) is 19.1 Å². The number of halogens is 1. The molecule has 3 N–H and O–H groups in total. The van der Waals surface area contributed by atoms with E-state index >= 15 is 0 Å². The summed E-state index contributed by atoms with van der Waals surface area (Å²) in [5.74, 6) is 0.987. The molecule has 6 nitrogen and oxygen atoms in total. The van der Waals surface area contributed by atoms with Gasteiger partial charge in [0.05, 0.1) is 6.54 Å². The molecule has 1 saturated heterocycles. The van der Waals surface area contributed by atoms with Crippen LogP contribution in [-0.2, 0) is 4.79 Å². The fourth-order valence-corrected chi connectivity index (χ4v) is 3.57. The topological polar surface area (TPSA) is 68.8 Å². The van der Waals surface area contributed by atoms with Gasteiger partial charge in [-0.3, -0.25) is 14.7 Å². The number of hydrogen-bond donors (Lipinski definition) is 3. The Labute approximate surface area is 170 Å². The third kappa shape index (κ3) is 7.68. The minimum atomic E-state index is 0. The zero-order chi connectivity index (χ0) is 17.4. The van der Waals surface area contributed by atoms with Crippen LogP contribution in [-0.4, -0.2) is 61.6 Å². The number of nitrogens with one attached hydrogen (secondary N) is 3. The summed E-state index contributed by atoms with van der Waals surface area (Å²) in [6.45, 7) is 10.3. The number of carbonyl (C=O) groups is 1. The highest BCUT2D eigenvalue weighted by atomic mass is 127. The van der Waals surface area contributed by atoms with E-state index < -0.39 is 0 Å². The van der Waals surface area contributed by atoms with Gasteiger partial charge in [-0.25, -0.2) is 0 Å². The van der Waals surface area contributed by atoms with Crippen LogP contribution in [0.5, 0.6) is 0 Å². The number of hydrogen-bond acceptors (Lipinski definition) is 3. The van der Waals surface area contributed by atoms with Crippen molar-refractivity contribution < 1.29 is 4.79 Å². The predicted molar refractivity (Wildman–Crippen MR) is 115 cm³/mol.